The summed E-state index contributed by atoms with van der Waals surface area (Å²) in [6.45, 7) is 6.31. The van der Waals surface area contributed by atoms with E-state index in [9.17, 15) is 19.7 Å². The number of carbonyl (C=O) groups excluding carboxylic acids is 2. The molecule has 1 saturated heterocycles. The lowest BCUT2D eigenvalue weighted by Gasteiger charge is -2.23. The Labute approximate surface area is 250 Å². The molecule has 0 saturated carbocycles. The van der Waals surface area contributed by atoms with Gasteiger partial charge in [-0.1, -0.05) is 6.07 Å². The van der Waals surface area contributed by atoms with E-state index in [1.165, 1.54) is 20.3 Å². The predicted molar refractivity (Wildman–Crippen MR) is 152 cm³/mol. The van der Waals surface area contributed by atoms with E-state index in [2.05, 4.69) is 14.9 Å². The fraction of sp³-hybridized carbons (Fsp3) is 0.571. The van der Waals surface area contributed by atoms with Gasteiger partial charge in [0.05, 0.1) is 83.4 Å². The molecule has 0 unspecified atom stereocenters. The van der Waals surface area contributed by atoms with E-state index in [-0.39, 0.29) is 23.6 Å². The number of hydrogen-bond acceptors (Lipinski definition) is 14. The molecule has 0 bridgehead atoms. The second-order valence-electron chi connectivity index (χ2n) is 9.46. The van der Waals surface area contributed by atoms with E-state index in [1.54, 1.807) is 12.1 Å². The highest BCUT2D eigenvalue weighted by molar-refractivity contribution is 5.88. The van der Waals surface area contributed by atoms with Crippen molar-refractivity contribution < 1.29 is 42.9 Å². The number of rotatable bonds is 7. The molecular weight excluding hydrogens is 566 g/mol. The van der Waals surface area contributed by atoms with Crippen molar-refractivity contribution in [3.05, 3.63) is 63.2 Å². The lowest BCUT2D eigenvalue weighted by molar-refractivity contribution is -0.385. The van der Waals surface area contributed by atoms with Crippen LogP contribution in [0, 0.1) is 10.1 Å². The number of pyridine rings is 2. The van der Waals surface area contributed by atoms with Crippen LogP contribution >= 0.6 is 0 Å². The highest BCUT2D eigenvalue weighted by Crippen LogP contribution is 2.16. The van der Waals surface area contributed by atoms with Crippen molar-refractivity contribution >= 4 is 17.6 Å². The normalized spacial score (nSPS) is 17.3. The van der Waals surface area contributed by atoms with Crippen molar-refractivity contribution in [2.24, 2.45) is 0 Å². The Bertz CT molecular complexity index is 1160. The van der Waals surface area contributed by atoms with Crippen LogP contribution in [0.4, 0.5) is 5.69 Å². The topological polar surface area (TPSA) is 165 Å². The number of methoxy groups -OCH3 is 2. The van der Waals surface area contributed by atoms with Crippen LogP contribution in [-0.4, -0.2) is 130 Å². The minimum Gasteiger partial charge on any atom is -0.464 e. The number of hydrogen-bond donors (Lipinski definition) is 0. The summed E-state index contributed by atoms with van der Waals surface area (Å²) >= 11 is 0. The molecule has 0 aromatic carbocycles. The number of esters is 2. The molecule has 0 radical (unpaired) electrons. The van der Waals surface area contributed by atoms with Crippen LogP contribution in [0.25, 0.3) is 0 Å². The summed E-state index contributed by atoms with van der Waals surface area (Å²) in [5.74, 6) is -1.23. The first-order chi connectivity index (χ1) is 20.9. The van der Waals surface area contributed by atoms with Crippen molar-refractivity contribution in [3.8, 4) is 0 Å². The molecule has 3 heterocycles. The molecule has 2 aromatic rings. The molecule has 3 rings (SSSR count). The molecule has 0 amide bonds. The van der Waals surface area contributed by atoms with Gasteiger partial charge in [-0.25, -0.2) is 19.6 Å². The number of carbonyl (C=O) groups is 2. The van der Waals surface area contributed by atoms with Gasteiger partial charge in [0.15, 0.2) is 5.69 Å². The van der Waals surface area contributed by atoms with Gasteiger partial charge in [-0.15, -0.1) is 0 Å². The zero-order valence-electron chi connectivity index (χ0n) is 24.6. The smallest absolute Gasteiger partial charge is 0.356 e. The maximum Gasteiger partial charge on any atom is 0.356 e. The zero-order valence-corrected chi connectivity index (χ0v) is 24.6. The van der Waals surface area contributed by atoms with E-state index >= 15 is 0 Å². The third kappa shape index (κ3) is 12.3. The fourth-order valence-electron chi connectivity index (χ4n) is 4.17. The Kier molecular flexibility index (Phi) is 14.8. The van der Waals surface area contributed by atoms with Crippen molar-refractivity contribution in [1.29, 1.82) is 0 Å². The summed E-state index contributed by atoms with van der Waals surface area (Å²) in [5, 5.41) is 11.4. The van der Waals surface area contributed by atoms with Gasteiger partial charge < -0.3 is 28.4 Å². The first-order valence-corrected chi connectivity index (χ1v) is 13.9. The molecule has 1 aliphatic rings. The van der Waals surface area contributed by atoms with Crippen molar-refractivity contribution in [3.63, 3.8) is 0 Å². The molecule has 2 aromatic heterocycles. The van der Waals surface area contributed by atoms with Crippen LogP contribution in [0.1, 0.15) is 32.4 Å². The standard InChI is InChI=1S/C28H39N5O10/c1-38-27(34)25-5-3-4-22(29-25)20-31-6-10-40-14-16-42-12-8-32(9-13-43-17-15-41-11-7-31)21-23-18-24(33(36)37)19-26(30-23)28(35)39-2/h3-5,18-19H,6-17,20-21H2,1-2H3. The second-order valence-corrected chi connectivity index (χ2v) is 9.46. The SMILES string of the molecule is COC(=O)c1cccc(CN2CCOCCOCCN(Cc3cc([N+](=O)[O-])cc(C(=O)OC)n3)CCOCCOCC2)n1. The molecule has 1 aliphatic heterocycles. The van der Waals surface area contributed by atoms with E-state index in [4.69, 9.17) is 28.4 Å². The van der Waals surface area contributed by atoms with E-state index in [0.29, 0.717) is 91.3 Å². The zero-order chi connectivity index (χ0) is 30.9. The molecule has 0 atom stereocenters. The summed E-state index contributed by atoms with van der Waals surface area (Å²) in [6, 6.07) is 7.69. The molecule has 236 valence electrons. The maximum atomic E-state index is 12.0. The molecule has 15 nitrogen and oxygen atoms in total. The Hall–Kier alpha value is -3.60. The van der Waals surface area contributed by atoms with Gasteiger partial charge in [0.1, 0.15) is 5.69 Å². The predicted octanol–water partition coefficient (Wildman–Crippen LogP) is 1.34. The molecule has 0 aliphatic carbocycles. The average Bonchev–Trinajstić information content (AvgIpc) is 3.01. The minimum absolute atomic E-state index is 0.126. The Balaban J connectivity index is 1.54. The van der Waals surface area contributed by atoms with Gasteiger partial charge in [0.25, 0.3) is 5.69 Å². The highest BCUT2D eigenvalue weighted by atomic mass is 16.6. The monoisotopic (exact) mass is 605 g/mol. The van der Waals surface area contributed by atoms with E-state index < -0.39 is 16.9 Å². The molecule has 15 heteroatoms. The van der Waals surface area contributed by atoms with E-state index in [1.807, 2.05) is 11.0 Å². The Morgan fingerprint density at radius 3 is 1.70 bits per heavy atom. The number of nitrogens with zero attached hydrogens (tertiary/aromatic N) is 5. The number of nitro groups is 1. The van der Waals surface area contributed by atoms with Crippen molar-refractivity contribution in [1.82, 2.24) is 19.8 Å². The fourth-order valence-corrected chi connectivity index (χ4v) is 4.17. The molecule has 43 heavy (non-hydrogen) atoms. The van der Waals surface area contributed by atoms with Crippen molar-refractivity contribution in [2.45, 2.75) is 13.1 Å². The summed E-state index contributed by atoms with van der Waals surface area (Å²) in [5.41, 5.74) is 0.995. The van der Waals surface area contributed by atoms with Gasteiger partial charge >= 0.3 is 11.9 Å². The summed E-state index contributed by atoms with van der Waals surface area (Å²) in [7, 11) is 2.52. The maximum absolute atomic E-state index is 12.0. The minimum atomic E-state index is -0.746. The third-order valence-corrected chi connectivity index (χ3v) is 6.39. The number of ether oxygens (including phenoxy) is 6. The van der Waals surface area contributed by atoms with E-state index in [0.717, 1.165) is 11.8 Å². The van der Waals surface area contributed by atoms with Crippen LogP contribution in [0.3, 0.4) is 0 Å². The summed E-state index contributed by atoms with van der Waals surface area (Å²) in [6.07, 6.45) is 0. The first-order valence-electron chi connectivity index (χ1n) is 13.9. The lowest BCUT2D eigenvalue weighted by Crippen LogP contribution is -2.33. The molecule has 1 fully saturated rings. The van der Waals surface area contributed by atoms with Crippen molar-refractivity contribution in [2.75, 3.05) is 93.3 Å². The third-order valence-electron chi connectivity index (χ3n) is 6.39. The Morgan fingerprint density at radius 1 is 0.744 bits per heavy atom. The van der Waals surface area contributed by atoms with Gasteiger partial charge in [-0.05, 0) is 12.1 Å². The largest absolute Gasteiger partial charge is 0.464 e. The van der Waals surface area contributed by atoms with Crippen LogP contribution in [0.15, 0.2) is 30.3 Å². The highest BCUT2D eigenvalue weighted by Gasteiger charge is 2.18. The second kappa shape index (κ2) is 18.8. The van der Waals surface area contributed by atoms with Gasteiger partial charge in [-0.2, -0.15) is 0 Å². The summed E-state index contributed by atoms with van der Waals surface area (Å²) < 4.78 is 32.5. The Morgan fingerprint density at radius 2 is 1.21 bits per heavy atom. The molecule has 0 N–H and O–H groups in total. The molecule has 0 spiro atoms. The van der Waals surface area contributed by atoms with Gasteiger partial charge in [0.2, 0.25) is 0 Å². The number of aromatic nitrogens is 2. The van der Waals surface area contributed by atoms with Gasteiger partial charge in [0, 0.05) is 51.4 Å². The van der Waals surface area contributed by atoms with Crippen LogP contribution in [0.5, 0.6) is 0 Å². The van der Waals surface area contributed by atoms with Gasteiger partial charge in [-0.3, -0.25) is 19.9 Å². The lowest BCUT2D eigenvalue weighted by atomic mass is 10.2. The first kappa shape index (κ1) is 33.9. The average molecular weight is 606 g/mol. The van der Waals surface area contributed by atoms with Crippen LogP contribution in [-0.2, 0) is 41.5 Å². The van der Waals surface area contributed by atoms with Crippen LogP contribution in [0.2, 0.25) is 0 Å². The quantitative estimate of drug-likeness (QED) is 0.252. The van der Waals surface area contributed by atoms with Crippen LogP contribution < -0.4 is 0 Å². The molecular formula is C28H39N5O10. The summed E-state index contributed by atoms with van der Waals surface area (Å²) in [4.78, 5) is 47.4.